The molecule has 0 bridgehead atoms. The van der Waals surface area contributed by atoms with Gasteiger partial charge in [-0.25, -0.2) is 4.39 Å². The van der Waals surface area contributed by atoms with Crippen LogP contribution < -0.4 is 0 Å². The second-order valence-corrected chi connectivity index (χ2v) is 3.26. The van der Waals surface area contributed by atoms with Crippen molar-refractivity contribution in [1.82, 2.24) is 0 Å². The predicted octanol–water partition coefficient (Wildman–Crippen LogP) is 3.19. The molecule has 0 aliphatic carbocycles. The number of thioether (sulfide) groups is 1. The van der Waals surface area contributed by atoms with E-state index in [0.717, 1.165) is 11.8 Å². The second-order valence-electron chi connectivity index (χ2n) is 2.09. The standard InChI is InChI=1S/C8H5ClFNS/c9-7-3-1-2-6(8(7)10)4-12-5-11/h1-3H,4H2. The molecule has 4 heteroatoms. The lowest BCUT2D eigenvalue weighted by Gasteiger charge is -1.99. The topological polar surface area (TPSA) is 23.8 Å². The molecule has 0 unspecified atom stereocenters. The van der Waals surface area contributed by atoms with Gasteiger partial charge in [-0.05, 0) is 17.8 Å². The van der Waals surface area contributed by atoms with E-state index in [0.29, 0.717) is 11.3 Å². The first-order chi connectivity index (χ1) is 5.75. The van der Waals surface area contributed by atoms with Crippen molar-refractivity contribution in [3.8, 4) is 5.40 Å². The zero-order valence-corrected chi connectivity index (χ0v) is 7.62. The van der Waals surface area contributed by atoms with Crippen molar-refractivity contribution in [2.24, 2.45) is 0 Å². The summed E-state index contributed by atoms with van der Waals surface area (Å²) >= 11 is 6.52. The van der Waals surface area contributed by atoms with Crippen LogP contribution in [0.25, 0.3) is 0 Å². The maximum absolute atomic E-state index is 13.1. The minimum atomic E-state index is -0.429. The van der Waals surface area contributed by atoms with Gasteiger partial charge >= 0.3 is 0 Å². The molecular weight excluding hydrogens is 197 g/mol. The molecule has 0 N–H and O–H groups in total. The highest BCUT2D eigenvalue weighted by molar-refractivity contribution is 8.02. The van der Waals surface area contributed by atoms with E-state index in [-0.39, 0.29) is 5.02 Å². The van der Waals surface area contributed by atoms with E-state index in [1.807, 2.05) is 5.40 Å². The lowest BCUT2D eigenvalue weighted by Crippen LogP contribution is -1.86. The van der Waals surface area contributed by atoms with Gasteiger partial charge in [-0.3, -0.25) is 0 Å². The van der Waals surface area contributed by atoms with Crippen molar-refractivity contribution in [1.29, 1.82) is 5.26 Å². The van der Waals surface area contributed by atoms with E-state index in [1.54, 1.807) is 12.1 Å². The third-order valence-electron chi connectivity index (χ3n) is 1.32. The minimum absolute atomic E-state index is 0.103. The number of thiocyanates is 1. The Bertz CT molecular complexity index is 321. The number of rotatable bonds is 2. The van der Waals surface area contributed by atoms with E-state index in [9.17, 15) is 4.39 Å². The molecule has 12 heavy (non-hydrogen) atoms. The first-order valence-electron chi connectivity index (χ1n) is 3.19. The van der Waals surface area contributed by atoms with Crippen molar-refractivity contribution >= 4 is 23.4 Å². The third-order valence-corrected chi connectivity index (χ3v) is 2.20. The van der Waals surface area contributed by atoms with Crippen molar-refractivity contribution in [2.45, 2.75) is 5.75 Å². The summed E-state index contributed by atoms with van der Waals surface area (Å²) in [5, 5.41) is 10.2. The molecule has 0 amide bonds. The van der Waals surface area contributed by atoms with Crippen molar-refractivity contribution in [3.63, 3.8) is 0 Å². The van der Waals surface area contributed by atoms with Crippen molar-refractivity contribution in [2.75, 3.05) is 0 Å². The van der Waals surface area contributed by atoms with Crippen molar-refractivity contribution in [3.05, 3.63) is 34.6 Å². The highest BCUT2D eigenvalue weighted by Gasteiger charge is 2.04. The first-order valence-corrected chi connectivity index (χ1v) is 4.56. The van der Waals surface area contributed by atoms with Gasteiger partial charge in [-0.1, -0.05) is 23.7 Å². The van der Waals surface area contributed by atoms with Gasteiger partial charge in [0.1, 0.15) is 11.2 Å². The lowest BCUT2D eigenvalue weighted by atomic mass is 10.2. The zero-order valence-electron chi connectivity index (χ0n) is 6.05. The lowest BCUT2D eigenvalue weighted by molar-refractivity contribution is 0.618. The maximum Gasteiger partial charge on any atom is 0.145 e. The summed E-state index contributed by atoms with van der Waals surface area (Å²) in [7, 11) is 0. The Balaban J connectivity index is 2.86. The highest BCUT2D eigenvalue weighted by atomic mass is 35.5. The molecule has 62 valence electrons. The SMILES string of the molecule is N#CSCc1cccc(Cl)c1F. The average molecular weight is 202 g/mol. The van der Waals surface area contributed by atoms with E-state index >= 15 is 0 Å². The van der Waals surface area contributed by atoms with E-state index in [2.05, 4.69) is 0 Å². The molecule has 0 heterocycles. The molecule has 1 nitrogen and oxygen atoms in total. The summed E-state index contributed by atoms with van der Waals surface area (Å²) in [4.78, 5) is 0. The van der Waals surface area contributed by atoms with Crippen LogP contribution in [0.4, 0.5) is 4.39 Å². The fourth-order valence-corrected chi connectivity index (χ4v) is 1.41. The van der Waals surface area contributed by atoms with E-state index in [1.165, 1.54) is 6.07 Å². The van der Waals surface area contributed by atoms with Crippen LogP contribution >= 0.6 is 23.4 Å². The molecule has 0 fully saturated rings. The first kappa shape index (κ1) is 9.37. The summed E-state index contributed by atoms with van der Waals surface area (Å²) in [6, 6.07) is 4.77. The number of hydrogen-bond acceptors (Lipinski definition) is 2. The van der Waals surface area contributed by atoms with Crippen LogP contribution in [0, 0.1) is 16.5 Å². The molecule has 0 saturated carbocycles. The molecule has 1 aromatic rings. The minimum Gasteiger partial charge on any atom is -0.205 e. The van der Waals surface area contributed by atoms with Gasteiger partial charge in [0.05, 0.1) is 5.02 Å². The van der Waals surface area contributed by atoms with Crippen LogP contribution in [0.5, 0.6) is 0 Å². The number of nitriles is 1. The Morgan fingerprint density at radius 1 is 1.58 bits per heavy atom. The van der Waals surface area contributed by atoms with E-state index < -0.39 is 5.82 Å². The van der Waals surface area contributed by atoms with Crippen LogP contribution in [0.2, 0.25) is 5.02 Å². The number of benzene rings is 1. The Morgan fingerprint density at radius 3 is 3.00 bits per heavy atom. The monoisotopic (exact) mass is 201 g/mol. The summed E-state index contributed by atoms with van der Waals surface area (Å²) in [5.74, 6) is -0.0926. The number of nitrogens with zero attached hydrogens (tertiary/aromatic N) is 1. The number of hydrogen-bond donors (Lipinski definition) is 0. The summed E-state index contributed by atoms with van der Waals surface area (Å²) < 4.78 is 13.1. The molecule has 0 spiro atoms. The molecule has 1 aromatic carbocycles. The smallest absolute Gasteiger partial charge is 0.145 e. The van der Waals surface area contributed by atoms with Gasteiger partial charge in [0.2, 0.25) is 0 Å². The molecule has 0 radical (unpaired) electrons. The maximum atomic E-state index is 13.1. The fourth-order valence-electron chi connectivity index (χ4n) is 0.770. The van der Waals surface area contributed by atoms with Crippen LogP contribution in [-0.4, -0.2) is 0 Å². The summed E-state index contributed by atoms with van der Waals surface area (Å²) in [6.45, 7) is 0. The molecule has 0 saturated heterocycles. The van der Waals surface area contributed by atoms with Crippen LogP contribution in [0.15, 0.2) is 18.2 Å². The number of halogens is 2. The van der Waals surface area contributed by atoms with Gasteiger partial charge in [-0.2, -0.15) is 5.26 Å². The van der Waals surface area contributed by atoms with Crippen LogP contribution in [-0.2, 0) is 5.75 Å². The fraction of sp³-hybridized carbons (Fsp3) is 0.125. The van der Waals surface area contributed by atoms with Crippen LogP contribution in [0.1, 0.15) is 5.56 Å². The van der Waals surface area contributed by atoms with Gasteiger partial charge in [-0.15, -0.1) is 0 Å². The average Bonchev–Trinajstić information content (AvgIpc) is 2.08. The Hall–Kier alpha value is -0.720. The van der Waals surface area contributed by atoms with Crippen LogP contribution in [0.3, 0.4) is 0 Å². The zero-order chi connectivity index (χ0) is 8.97. The van der Waals surface area contributed by atoms with E-state index in [4.69, 9.17) is 16.9 Å². The molecule has 0 atom stereocenters. The summed E-state index contributed by atoms with van der Waals surface area (Å²) in [5.41, 5.74) is 0.467. The molecule has 0 aromatic heterocycles. The Morgan fingerprint density at radius 2 is 2.33 bits per heavy atom. The Kier molecular flexibility index (Phi) is 3.39. The van der Waals surface area contributed by atoms with Gasteiger partial charge in [0.15, 0.2) is 0 Å². The van der Waals surface area contributed by atoms with Crippen molar-refractivity contribution < 1.29 is 4.39 Å². The highest BCUT2D eigenvalue weighted by Crippen LogP contribution is 2.21. The Labute approximate surface area is 79.1 Å². The largest absolute Gasteiger partial charge is 0.205 e. The van der Waals surface area contributed by atoms with Gasteiger partial charge in [0.25, 0.3) is 0 Å². The second kappa shape index (κ2) is 4.34. The predicted molar refractivity (Wildman–Crippen MR) is 48.3 cm³/mol. The molecule has 1 rings (SSSR count). The summed E-state index contributed by atoms with van der Waals surface area (Å²) in [6.07, 6.45) is 0. The molecule has 0 aliphatic rings. The molecule has 0 aliphatic heterocycles. The normalized spacial score (nSPS) is 9.42. The van der Waals surface area contributed by atoms with Gasteiger partial charge < -0.3 is 0 Å². The quantitative estimate of drug-likeness (QED) is 0.687. The third kappa shape index (κ3) is 2.13. The molecular formula is C8H5ClFNS. The van der Waals surface area contributed by atoms with Gasteiger partial charge in [0, 0.05) is 11.3 Å².